The fraction of sp³-hybridized carbons (Fsp3) is 0.333. The molecule has 0 saturated carbocycles. The van der Waals surface area contributed by atoms with Gasteiger partial charge in [0.1, 0.15) is 12.0 Å². The van der Waals surface area contributed by atoms with Gasteiger partial charge in [-0.3, -0.25) is 9.59 Å². The molecule has 27 heavy (non-hydrogen) atoms. The summed E-state index contributed by atoms with van der Waals surface area (Å²) in [5, 5.41) is 11.1. The number of esters is 1. The van der Waals surface area contributed by atoms with Crippen LogP contribution in [0.25, 0.3) is 21.8 Å². The molecule has 3 aromatic rings. The van der Waals surface area contributed by atoms with Crippen LogP contribution in [0.1, 0.15) is 38.7 Å². The molecular weight excluding hydrogens is 362 g/mol. The Hall–Kier alpha value is -2.47. The highest BCUT2D eigenvalue weighted by Crippen LogP contribution is 2.37. The van der Waals surface area contributed by atoms with Gasteiger partial charge in [0.05, 0.1) is 0 Å². The van der Waals surface area contributed by atoms with Gasteiger partial charge in [-0.25, -0.2) is 0 Å². The molecule has 0 bridgehead atoms. The van der Waals surface area contributed by atoms with E-state index in [1.54, 1.807) is 11.8 Å². The molecule has 0 saturated heterocycles. The Labute approximate surface area is 162 Å². The predicted molar refractivity (Wildman–Crippen MR) is 108 cm³/mol. The summed E-state index contributed by atoms with van der Waals surface area (Å²) in [7, 11) is 0. The van der Waals surface area contributed by atoms with Crippen LogP contribution < -0.4 is 0 Å². The third-order valence-electron chi connectivity index (χ3n) is 5.08. The number of thioether (sulfide) groups is 1. The van der Waals surface area contributed by atoms with Crippen molar-refractivity contribution in [3.05, 3.63) is 42.0 Å². The summed E-state index contributed by atoms with van der Waals surface area (Å²) in [5.41, 5.74) is 2.07. The number of fused-ring (bicyclic) bond motifs is 3. The number of hydrogen-bond donors (Lipinski definition) is 2. The molecule has 142 valence electrons. The average Bonchev–Trinajstić information content (AvgIpc) is 3.02. The minimum absolute atomic E-state index is 0.567. The number of carbonyl (C=O) groups excluding carboxylic acids is 1. The smallest absolute Gasteiger partial charge is 0.318 e. The molecular formula is C21H23NO4S. The molecule has 0 amide bonds. The van der Waals surface area contributed by atoms with Gasteiger partial charge < -0.3 is 14.8 Å². The number of carbonyl (C=O) groups is 2. The zero-order valence-electron chi connectivity index (χ0n) is 15.7. The van der Waals surface area contributed by atoms with Crippen LogP contribution in [0.2, 0.25) is 0 Å². The van der Waals surface area contributed by atoms with Crippen molar-refractivity contribution in [1.82, 2.24) is 4.98 Å². The fourth-order valence-corrected chi connectivity index (χ4v) is 3.97. The molecule has 0 aliphatic heterocycles. The SMILES string of the molecule is CCC(CC)(OC(=O)CC(=O)O)c1ccc2c(c1)[nH]c1ccc(SC)cc12. The average molecular weight is 385 g/mol. The minimum atomic E-state index is -1.18. The van der Waals surface area contributed by atoms with Crippen LogP contribution in [0.15, 0.2) is 41.3 Å². The van der Waals surface area contributed by atoms with Gasteiger partial charge in [-0.1, -0.05) is 26.0 Å². The van der Waals surface area contributed by atoms with Crippen molar-refractivity contribution < 1.29 is 19.4 Å². The highest BCUT2D eigenvalue weighted by Gasteiger charge is 2.33. The van der Waals surface area contributed by atoms with Gasteiger partial charge >= 0.3 is 11.9 Å². The number of H-pyrrole nitrogens is 1. The lowest BCUT2D eigenvalue weighted by Crippen LogP contribution is -2.32. The Balaban J connectivity index is 2.06. The molecule has 1 aromatic heterocycles. The molecule has 2 aromatic carbocycles. The number of benzene rings is 2. The number of rotatable bonds is 7. The Kier molecular flexibility index (Phi) is 5.46. The van der Waals surface area contributed by atoms with Gasteiger partial charge in [-0.2, -0.15) is 0 Å². The second-order valence-electron chi connectivity index (χ2n) is 6.54. The summed E-state index contributed by atoms with van der Waals surface area (Å²) in [5.74, 6) is -1.90. The molecule has 2 N–H and O–H groups in total. The second-order valence-corrected chi connectivity index (χ2v) is 7.42. The molecule has 0 unspecified atom stereocenters. The van der Waals surface area contributed by atoms with Crippen LogP contribution in [-0.2, 0) is 19.9 Å². The quantitative estimate of drug-likeness (QED) is 0.337. The normalized spacial score (nSPS) is 11.8. The van der Waals surface area contributed by atoms with E-state index in [0.717, 1.165) is 27.4 Å². The maximum Gasteiger partial charge on any atom is 0.318 e. The summed E-state index contributed by atoms with van der Waals surface area (Å²) in [4.78, 5) is 27.5. The topological polar surface area (TPSA) is 79.4 Å². The molecule has 0 fully saturated rings. The molecule has 0 radical (unpaired) electrons. The van der Waals surface area contributed by atoms with Crippen LogP contribution in [0.5, 0.6) is 0 Å². The maximum absolute atomic E-state index is 12.0. The van der Waals surface area contributed by atoms with Crippen molar-refractivity contribution in [3.8, 4) is 0 Å². The largest absolute Gasteiger partial charge is 0.481 e. The van der Waals surface area contributed by atoms with Crippen molar-refractivity contribution in [2.45, 2.75) is 43.6 Å². The predicted octanol–water partition coefficient (Wildman–Crippen LogP) is 5.08. The van der Waals surface area contributed by atoms with Crippen LogP contribution >= 0.6 is 11.8 Å². The number of aliphatic carboxylic acids is 1. The van der Waals surface area contributed by atoms with Crippen molar-refractivity contribution in [2.24, 2.45) is 0 Å². The number of hydrogen-bond acceptors (Lipinski definition) is 4. The summed E-state index contributed by atoms with van der Waals surface area (Å²) >= 11 is 1.70. The summed E-state index contributed by atoms with van der Waals surface area (Å²) in [6.07, 6.45) is 2.55. The van der Waals surface area contributed by atoms with E-state index in [0.29, 0.717) is 12.8 Å². The number of aromatic nitrogens is 1. The first-order valence-corrected chi connectivity index (χ1v) is 10.2. The molecule has 0 aliphatic rings. The fourth-order valence-electron chi connectivity index (χ4n) is 3.53. The van der Waals surface area contributed by atoms with Crippen LogP contribution in [0.4, 0.5) is 0 Å². The molecule has 0 atom stereocenters. The van der Waals surface area contributed by atoms with E-state index in [1.165, 1.54) is 4.90 Å². The van der Waals surface area contributed by atoms with E-state index in [1.807, 2.05) is 32.0 Å². The third-order valence-corrected chi connectivity index (χ3v) is 5.80. The standard InChI is InChI=1S/C21H23NO4S/c1-4-21(5-2,26-20(25)12-19(23)24)13-6-8-15-16-11-14(27-3)7-9-17(16)22-18(15)10-13/h6-11,22H,4-5,12H2,1-3H3,(H,23,24). The summed E-state index contributed by atoms with van der Waals surface area (Å²) in [6.45, 7) is 3.88. The van der Waals surface area contributed by atoms with E-state index < -0.39 is 24.0 Å². The zero-order chi connectivity index (χ0) is 19.6. The zero-order valence-corrected chi connectivity index (χ0v) is 16.5. The first-order chi connectivity index (χ1) is 12.9. The highest BCUT2D eigenvalue weighted by atomic mass is 32.2. The summed E-state index contributed by atoms with van der Waals surface area (Å²) in [6, 6.07) is 12.3. The Morgan fingerprint density at radius 3 is 2.44 bits per heavy atom. The molecule has 0 spiro atoms. The van der Waals surface area contributed by atoms with Crippen molar-refractivity contribution in [2.75, 3.05) is 6.26 Å². The number of carboxylic acids is 1. The molecule has 5 nitrogen and oxygen atoms in total. The first-order valence-electron chi connectivity index (χ1n) is 8.96. The molecule has 0 aliphatic carbocycles. The van der Waals surface area contributed by atoms with Gasteiger partial charge in [0.25, 0.3) is 0 Å². The monoisotopic (exact) mass is 385 g/mol. The van der Waals surface area contributed by atoms with Gasteiger partial charge in [0, 0.05) is 26.7 Å². The number of nitrogens with one attached hydrogen (secondary N) is 1. The van der Waals surface area contributed by atoms with Gasteiger partial charge in [-0.05, 0) is 48.9 Å². The number of carboxylic acid groups (broad SMARTS) is 1. The lowest BCUT2D eigenvalue weighted by molar-refractivity contribution is -0.165. The first kappa shape index (κ1) is 19.3. The van der Waals surface area contributed by atoms with Crippen LogP contribution in [0.3, 0.4) is 0 Å². The van der Waals surface area contributed by atoms with E-state index in [4.69, 9.17) is 9.84 Å². The van der Waals surface area contributed by atoms with Gasteiger partial charge in [0.15, 0.2) is 0 Å². The molecule has 3 rings (SSSR count). The lowest BCUT2D eigenvalue weighted by atomic mass is 9.87. The third kappa shape index (κ3) is 3.67. The molecule has 1 heterocycles. The Morgan fingerprint density at radius 1 is 1.07 bits per heavy atom. The lowest BCUT2D eigenvalue weighted by Gasteiger charge is -2.32. The van der Waals surface area contributed by atoms with Crippen LogP contribution in [-0.4, -0.2) is 28.3 Å². The van der Waals surface area contributed by atoms with E-state index in [-0.39, 0.29) is 0 Å². The van der Waals surface area contributed by atoms with Gasteiger partial charge in [-0.15, -0.1) is 11.8 Å². The number of aromatic amines is 1. The van der Waals surface area contributed by atoms with Crippen molar-refractivity contribution in [3.63, 3.8) is 0 Å². The number of ether oxygens (including phenoxy) is 1. The van der Waals surface area contributed by atoms with E-state index in [2.05, 4.69) is 29.4 Å². The second kappa shape index (κ2) is 7.64. The highest BCUT2D eigenvalue weighted by molar-refractivity contribution is 7.98. The van der Waals surface area contributed by atoms with Crippen LogP contribution in [0, 0.1) is 0 Å². The van der Waals surface area contributed by atoms with Crippen molar-refractivity contribution in [1.29, 1.82) is 0 Å². The molecule has 6 heteroatoms. The Bertz CT molecular complexity index is 1000. The maximum atomic E-state index is 12.0. The van der Waals surface area contributed by atoms with Crippen molar-refractivity contribution >= 4 is 45.5 Å². The Morgan fingerprint density at radius 2 is 1.81 bits per heavy atom. The summed E-state index contributed by atoms with van der Waals surface area (Å²) < 4.78 is 5.66. The van der Waals surface area contributed by atoms with Gasteiger partial charge in [0.2, 0.25) is 0 Å². The minimum Gasteiger partial charge on any atom is -0.481 e. The van der Waals surface area contributed by atoms with E-state index in [9.17, 15) is 9.59 Å². The van der Waals surface area contributed by atoms with E-state index >= 15 is 0 Å².